The highest BCUT2D eigenvalue weighted by molar-refractivity contribution is 5.94. The smallest absolute Gasteiger partial charge is 0.417 e. The van der Waals surface area contributed by atoms with Crippen LogP contribution in [0.25, 0.3) is 11.3 Å². The van der Waals surface area contributed by atoms with Gasteiger partial charge in [-0.1, -0.05) is 0 Å². The highest BCUT2D eigenvalue weighted by atomic mass is 19.4. The number of nitrogens with zero attached hydrogens (tertiary/aromatic N) is 4. The Morgan fingerprint density at radius 2 is 1.94 bits per heavy atom. The van der Waals surface area contributed by atoms with E-state index in [2.05, 4.69) is 20.5 Å². The quantitative estimate of drug-likeness (QED) is 0.434. The molecule has 0 atom stereocenters. The number of halogens is 3. The van der Waals surface area contributed by atoms with E-state index >= 15 is 0 Å². The van der Waals surface area contributed by atoms with Gasteiger partial charge in [-0.25, -0.2) is 0 Å². The van der Waals surface area contributed by atoms with Gasteiger partial charge in [0.1, 0.15) is 11.5 Å². The van der Waals surface area contributed by atoms with Crippen LogP contribution in [0.1, 0.15) is 36.0 Å². The Labute approximate surface area is 204 Å². The highest BCUT2D eigenvalue weighted by Gasteiger charge is 2.32. The Morgan fingerprint density at radius 3 is 2.64 bits per heavy atom. The van der Waals surface area contributed by atoms with E-state index in [0.29, 0.717) is 30.1 Å². The lowest BCUT2D eigenvalue weighted by atomic mass is 9.94. The fourth-order valence-electron chi connectivity index (χ4n) is 4.50. The Kier molecular flexibility index (Phi) is 6.15. The van der Waals surface area contributed by atoms with Gasteiger partial charge in [0.25, 0.3) is 0 Å². The van der Waals surface area contributed by atoms with Crippen molar-refractivity contribution >= 4 is 17.4 Å². The fourth-order valence-corrected chi connectivity index (χ4v) is 4.50. The number of anilines is 2. The third-order valence-electron chi connectivity index (χ3n) is 6.43. The predicted molar refractivity (Wildman–Crippen MR) is 126 cm³/mol. The van der Waals surface area contributed by atoms with Crippen LogP contribution < -0.4 is 10.2 Å². The van der Waals surface area contributed by atoms with Crippen LogP contribution in [0, 0.1) is 5.92 Å². The number of hydrogen-bond acceptors (Lipinski definition) is 7. The number of phenols is 2. The largest absolute Gasteiger partial charge is 0.507 e. The van der Waals surface area contributed by atoms with Gasteiger partial charge in [-0.2, -0.15) is 13.2 Å². The molecule has 0 unspecified atom stereocenters. The third kappa shape index (κ3) is 5.05. The second-order valence-corrected chi connectivity index (χ2v) is 9.22. The minimum absolute atomic E-state index is 0.0461. The second kappa shape index (κ2) is 9.29. The molecule has 8 nitrogen and oxygen atoms in total. The summed E-state index contributed by atoms with van der Waals surface area (Å²) < 4.78 is 38.8. The molecule has 1 saturated carbocycles. The molecule has 5 rings (SSSR count). The summed E-state index contributed by atoms with van der Waals surface area (Å²) in [6.07, 6.45) is 1.79. The summed E-state index contributed by atoms with van der Waals surface area (Å²) in [5, 5.41) is 31.9. The van der Waals surface area contributed by atoms with E-state index in [9.17, 15) is 28.2 Å². The maximum atomic E-state index is 12.9. The van der Waals surface area contributed by atoms with Crippen LogP contribution in [-0.4, -0.2) is 44.4 Å². The van der Waals surface area contributed by atoms with E-state index < -0.39 is 17.6 Å². The normalized spacial score (nSPS) is 15.5. The SMILES string of the molecule is O=C(CN1CCCc2c(O)c(CC3CC3)cc(O)c21)Nc1ccc(-c2cncc(C(F)(F)F)c2)nn1. The minimum atomic E-state index is -4.53. The first kappa shape index (κ1) is 23.8. The Morgan fingerprint density at radius 1 is 1.14 bits per heavy atom. The predicted octanol–water partition coefficient (Wildman–Crippen LogP) is 4.31. The zero-order chi connectivity index (χ0) is 25.4. The molecule has 2 aromatic heterocycles. The van der Waals surface area contributed by atoms with Crippen LogP contribution in [0.5, 0.6) is 11.5 Å². The van der Waals surface area contributed by atoms with Crippen molar-refractivity contribution in [2.75, 3.05) is 23.3 Å². The van der Waals surface area contributed by atoms with E-state index in [1.54, 1.807) is 11.0 Å². The molecule has 3 aromatic rings. The molecule has 1 aromatic carbocycles. The van der Waals surface area contributed by atoms with E-state index in [0.717, 1.165) is 43.5 Å². The Hall–Kier alpha value is -3.89. The molecule has 2 aliphatic rings. The molecule has 1 aliphatic heterocycles. The molecule has 11 heteroatoms. The van der Waals surface area contributed by atoms with Crippen molar-refractivity contribution in [3.8, 4) is 22.8 Å². The van der Waals surface area contributed by atoms with Crippen LogP contribution in [0.4, 0.5) is 24.7 Å². The van der Waals surface area contributed by atoms with Crippen molar-refractivity contribution in [2.24, 2.45) is 5.92 Å². The van der Waals surface area contributed by atoms with Gasteiger partial charge in [0.05, 0.1) is 23.5 Å². The Bertz CT molecular complexity index is 1290. The maximum absolute atomic E-state index is 12.9. The number of aromatic nitrogens is 3. The first-order valence-electron chi connectivity index (χ1n) is 11.7. The maximum Gasteiger partial charge on any atom is 0.417 e. The molecule has 0 bridgehead atoms. The first-order valence-corrected chi connectivity index (χ1v) is 11.7. The summed E-state index contributed by atoms with van der Waals surface area (Å²) in [5.41, 5.74) is 1.30. The van der Waals surface area contributed by atoms with Gasteiger partial charge >= 0.3 is 6.18 Å². The summed E-state index contributed by atoms with van der Waals surface area (Å²) in [7, 11) is 0. The monoisotopic (exact) mass is 499 g/mol. The van der Waals surface area contributed by atoms with E-state index in [-0.39, 0.29) is 35.1 Å². The molecule has 1 amide bonds. The fraction of sp³-hybridized carbons (Fsp3) is 0.360. The van der Waals surface area contributed by atoms with Crippen molar-refractivity contribution in [3.05, 3.63) is 53.3 Å². The summed E-state index contributed by atoms with van der Waals surface area (Å²) in [4.78, 5) is 18.1. The van der Waals surface area contributed by atoms with Crippen molar-refractivity contribution in [1.82, 2.24) is 15.2 Å². The highest BCUT2D eigenvalue weighted by Crippen LogP contribution is 2.45. The number of rotatable bonds is 6. The number of amides is 1. The van der Waals surface area contributed by atoms with E-state index in [4.69, 9.17) is 0 Å². The number of pyridine rings is 1. The van der Waals surface area contributed by atoms with Crippen LogP contribution in [0.2, 0.25) is 0 Å². The summed E-state index contributed by atoms with van der Waals surface area (Å²) in [6, 6.07) is 5.41. The van der Waals surface area contributed by atoms with Crippen LogP contribution >= 0.6 is 0 Å². The number of phenolic OH excluding ortho intramolecular Hbond substituents is 2. The molecule has 0 spiro atoms. The molecular formula is C25H24F3N5O3. The lowest BCUT2D eigenvalue weighted by Gasteiger charge is -2.32. The van der Waals surface area contributed by atoms with Crippen LogP contribution in [0.3, 0.4) is 0 Å². The second-order valence-electron chi connectivity index (χ2n) is 9.22. The lowest BCUT2D eigenvalue weighted by Crippen LogP contribution is -2.37. The van der Waals surface area contributed by atoms with E-state index in [1.165, 1.54) is 18.3 Å². The molecule has 3 heterocycles. The van der Waals surface area contributed by atoms with Crippen molar-refractivity contribution in [1.29, 1.82) is 0 Å². The number of fused-ring (bicyclic) bond motifs is 1. The number of carbonyl (C=O) groups is 1. The van der Waals surface area contributed by atoms with Gasteiger partial charge in [0.15, 0.2) is 5.82 Å². The molecule has 3 N–H and O–H groups in total. The van der Waals surface area contributed by atoms with Gasteiger partial charge < -0.3 is 20.4 Å². The third-order valence-corrected chi connectivity index (χ3v) is 6.43. The van der Waals surface area contributed by atoms with Crippen molar-refractivity contribution < 1.29 is 28.2 Å². The number of nitrogens with one attached hydrogen (secondary N) is 1. The molecule has 1 fully saturated rings. The summed E-state index contributed by atoms with van der Waals surface area (Å²) in [6.45, 7) is 0.450. The van der Waals surface area contributed by atoms with Crippen molar-refractivity contribution in [2.45, 2.75) is 38.3 Å². The number of benzene rings is 1. The topological polar surface area (TPSA) is 111 Å². The lowest BCUT2D eigenvalue weighted by molar-refractivity contribution is -0.137. The molecular weight excluding hydrogens is 475 g/mol. The zero-order valence-electron chi connectivity index (χ0n) is 19.2. The van der Waals surface area contributed by atoms with E-state index in [1.807, 2.05) is 0 Å². The minimum Gasteiger partial charge on any atom is -0.507 e. The Balaban J connectivity index is 1.27. The molecule has 36 heavy (non-hydrogen) atoms. The summed E-state index contributed by atoms with van der Waals surface area (Å²) >= 11 is 0. The first-order chi connectivity index (χ1) is 17.2. The standard InChI is InChI=1S/C25H24F3N5O3/c26-25(27,28)17-9-16(11-29-12-17)19-5-6-21(32-31-19)30-22(35)13-33-7-1-2-18-23(33)20(34)10-15(24(18)36)8-14-3-4-14/h5-6,9-12,14,34,36H,1-4,7-8,13H2,(H,30,32,35). The average Bonchev–Trinajstić information content (AvgIpc) is 3.66. The van der Waals surface area contributed by atoms with Gasteiger partial charge in [-0.05, 0) is 67.9 Å². The summed E-state index contributed by atoms with van der Waals surface area (Å²) in [5.74, 6) is 0.519. The molecule has 0 saturated heterocycles. The number of hydrogen-bond donors (Lipinski definition) is 3. The van der Waals surface area contributed by atoms with Gasteiger partial charge in [-0.15, -0.1) is 10.2 Å². The van der Waals surface area contributed by atoms with Gasteiger partial charge in [0.2, 0.25) is 5.91 Å². The molecule has 1 aliphatic carbocycles. The van der Waals surface area contributed by atoms with Gasteiger partial charge in [0, 0.05) is 30.1 Å². The van der Waals surface area contributed by atoms with Crippen LogP contribution in [-0.2, 0) is 23.8 Å². The average molecular weight is 499 g/mol. The number of aromatic hydroxyl groups is 2. The molecule has 0 radical (unpaired) electrons. The van der Waals surface area contributed by atoms with Gasteiger partial charge in [-0.3, -0.25) is 9.78 Å². The zero-order valence-corrected chi connectivity index (χ0v) is 19.2. The molecule has 188 valence electrons. The number of alkyl halides is 3. The van der Waals surface area contributed by atoms with Crippen molar-refractivity contribution in [3.63, 3.8) is 0 Å². The van der Waals surface area contributed by atoms with Crippen LogP contribution in [0.15, 0.2) is 36.7 Å². The number of carbonyl (C=O) groups excluding carboxylic acids is 1.